The molecule has 0 aromatic carbocycles. The van der Waals surface area contributed by atoms with Gasteiger partial charge < -0.3 is 0 Å². The Hall–Kier alpha value is 0. The third kappa shape index (κ3) is 66.6. The van der Waals surface area contributed by atoms with Crippen molar-refractivity contribution < 1.29 is 0 Å². The van der Waals surface area contributed by atoms with Crippen molar-refractivity contribution >= 4 is 0 Å². The average Bonchev–Trinajstić information content (AvgIpc) is 3.44. The maximum atomic E-state index is 2.37. The molecule has 10 fully saturated rings. The molecule has 0 spiro atoms. The molecular formula is C90H200. The van der Waals surface area contributed by atoms with Gasteiger partial charge in [0.1, 0.15) is 0 Å². The summed E-state index contributed by atoms with van der Waals surface area (Å²) in [6, 6.07) is 0. The Balaban J connectivity index is -0.0000000976. The lowest BCUT2D eigenvalue weighted by Crippen LogP contribution is -2.08. The highest BCUT2D eigenvalue weighted by Crippen LogP contribution is 2.33. The van der Waals surface area contributed by atoms with Crippen LogP contribution in [0.5, 0.6) is 0 Å². The van der Waals surface area contributed by atoms with Crippen molar-refractivity contribution in [2.75, 3.05) is 0 Å². The first-order chi connectivity index (χ1) is 37.9. The molecule has 10 aliphatic rings. The zero-order valence-corrected chi connectivity index (χ0v) is 59.8. The van der Waals surface area contributed by atoms with Gasteiger partial charge in [0.05, 0.1) is 0 Å². The Morgan fingerprint density at radius 1 is 0.0778 bits per heavy atom. The van der Waals surface area contributed by atoms with Gasteiger partial charge in [-0.1, -0.05) is 470 Å². The second kappa shape index (κ2) is 68.9. The van der Waals surface area contributed by atoms with Gasteiger partial charge in [0, 0.05) is 0 Å². The van der Waals surface area contributed by atoms with E-state index < -0.39 is 0 Å². The third-order valence-corrected chi connectivity index (χ3v) is 23.0. The highest BCUT2D eigenvalue weighted by Gasteiger charge is 2.19. The molecule has 10 rings (SSSR count). The summed E-state index contributed by atoms with van der Waals surface area (Å²) < 4.78 is 0. The fraction of sp³-hybridized carbons (Fsp3) is 1.00. The van der Waals surface area contributed by atoms with E-state index in [0.717, 1.165) is 118 Å². The van der Waals surface area contributed by atoms with E-state index in [0.29, 0.717) is 0 Å². The van der Waals surface area contributed by atoms with E-state index >= 15 is 0 Å². The van der Waals surface area contributed by atoms with Crippen LogP contribution < -0.4 is 0 Å². The quantitative estimate of drug-likeness (QED) is 0.227. The van der Waals surface area contributed by atoms with E-state index in [9.17, 15) is 0 Å². The molecule has 0 saturated heterocycles. The SMILES string of the molecule is C.C.C.C.C.C.C.C.C.C.CC1CCC(C)CC1.CC1CCC(C)CC1.CC1CCC(C)CC1.CC1CCC(C)CC1.CC1CCC(C)CC1.CC1CCC(C)CC1.CC1CCC(C)CC1.CC1CCC(C)CC1.CC1CCC(C)CC1.CC1CCC(C)CC1. The van der Waals surface area contributed by atoms with Gasteiger partial charge in [-0.3, -0.25) is 0 Å². The number of hydrogen-bond donors (Lipinski definition) is 0. The van der Waals surface area contributed by atoms with Crippen LogP contribution in [0.3, 0.4) is 0 Å². The second-order valence-corrected chi connectivity index (χ2v) is 33.7. The van der Waals surface area contributed by atoms with Crippen molar-refractivity contribution in [3.05, 3.63) is 0 Å². The normalized spacial score (nSPS) is 35.3. The predicted molar refractivity (Wildman–Crippen MR) is 435 cm³/mol. The minimum atomic E-state index is 0. The highest BCUT2D eigenvalue weighted by atomic mass is 14.3. The summed E-state index contributed by atoms with van der Waals surface area (Å²) in [6.45, 7) is 47.3. The van der Waals surface area contributed by atoms with Crippen molar-refractivity contribution in [3.8, 4) is 0 Å². The van der Waals surface area contributed by atoms with E-state index in [1.807, 2.05) is 0 Å². The van der Waals surface area contributed by atoms with Crippen molar-refractivity contribution in [3.63, 3.8) is 0 Å². The molecule has 10 saturated carbocycles. The van der Waals surface area contributed by atoms with E-state index in [1.165, 1.54) is 257 Å². The molecule has 0 aromatic rings. The van der Waals surface area contributed by atoms with Gasteiger partial charge in [0.2, 0.25) is 0 Å². The van der Waals surface area contributed by atoms with Gasteiger partial charge in [-0.05, 0) is 118 Å². The van der Waals surface area contributed by atoms with Crippen LogP contribution in [0, 0.1) is 118 Å². The first-order valence-electron chi connectivity index (χ1n) is 37.9. The van der Waals surface area contributed by atoms with Crippen LogP contribution in [0.15, 0.2) is 0 Å². The smallest absolute Gasteiger partial charge is 0.0443 e. The van der Waals surface area contributed by atoms with Gasteiger partial charge in [-0.15, -0.1) is 0 Å². The van der Waals surface area contributed by atoms with Crippen LogP contribution in [0.25, 0.3) is 0 Å². The van der Waals surface area contributed by atoms with Crippen LogP contribution in [0.2, 0.25) is 0 Å². The molecule has 0 bridgehead atoms. The topological polar surface area (TPSA) is 0 Å². The zero-order valence-electron chi connectivity index (χ0n) is 59.8. The molecule has 0 amide bonds. The standard InChI is InChI=1S/10C8H16.10CH4/c10*1-7-3-5-8(2)6-4-7;;;;;;;;;;/h10*7-8H,3-6H2,1-2H3;10*1H4. The summed E-state index contributed by atoms with van der Waals surface area (Å²) in [4.78, 5) is 0. The molecule has 0 unspecified atom stereocenters. The second-order valence-electron chi connectivity index (χ2n) is 33.7. The van der Waals surface area contributed by atoms with Gasteiger partial charge in [-0.2, -0.15) is 0 Å². The third-order valence-electron chi connectivity index (χ3n) is 23.0. The Labute approximate surface area is 584 Å². The fourth-order valence-electron chi connectivity index (χ4n) is 14.3. The van der Waals surface area contributed by atoms with Crippen molar-refractivity contribution in [1.82, 2.24) is 0 Å². The van der Waals surface area contributed by atoms with E-state index in [2.05, 4.69) is 138 Å². The molecule has 0 heterocycles. The van der Waals surface area contributed by atoms with Crippen LogP contribution in [-0.4, -0.2) is 0 Å². The van der Waals surface area contributed by atoms with Gasteiger partial charge >= 0.3 is 0 Å². The van der Waals surface area contributed by atoms with Crippen LogP contribution >= 0.6 is 0 Å². The molecule has 0 N–H and O–H groups in total. The Morgan fingerprint density at radius 2 is 0.100 bits per heavy atom. The largest absolute Gasteiger partial charge is 0.0776 e. The van der Waals surface area contributed by atoms with Crippen molar-refractivity contribution in [1.29, 1.82) is 0 Å². The highest BCUT2D eigenvalue weighted by molar-refractivity contribution is 4.72. The van der Waals surface area contributed by atoms with Gasteiger partial charge in [0.25, 0.3) is 0 Å². The summed E-state index contributed by atoms with van der Waals surface area (Å²) in [5.74, 6) is 20.4. The molecule has 0 radical (unpaired) electrons. The predicted octanol–water partition coefficient (Wildman–Crippen LogP) is 34.7. The van der Waals surface area contributed by atoms with E-state index in [1.54, 1.807) is 0 Å². The summed E-state index contributed by atoms with van der Waals surface area (Å²) in [7, 11) is 0. The van der Waals surface area contributed by atoms with Crippen molar-refractivity contribution in [2.24, 2.45) is 118 Å². The maximum absolute atomic E-state index is 2.37. The van der Waals surface area contributed by atoms with Crippen molar-refractivity contribution in [2.45, 2.75) is 470 Å². The minimum absolute atomic E-state index is 0. The Kier molecular flexibility index (Phi) is 85.3. The number of hydrogen-bond acceptors (Lipinski definition) is 0. The van der Waals surface area contributed by atoms with Crippen LogP contribution in [-0.2, 0) is 0 Å². The van der Waals surface area contributed by atoms with Gasteiger partial charge in [0.15, 0.2) is 0 Å². The minimum Gasteiger partial charge on any atom is -0.0776 e. The molecule has 560 valence electrons. The molecule has 0 aliphatic heterocycles. The zero-order chi connectivity index (χ0) is 59.8. The van der Waals surface area contributed by atoms with Gasteiger partial charge in [-0.25, -0.2) is 0 Å². The summed E-state index contributed by atoms with van der Waals surface area (Å²) in [5, 5.41) is 0. The molecule has 0 nitrogen and oxygen atoms in total. The molecule has 0 aromatic heterocycles. The molecule has 10 aliphatic carbocycles. The average molecular weight is 1280 g/mol. The number of rotatable bonds is 0. The summed E-state index contributed by atoms with van der Waals surface area (Å²) in [5.41, 5.74) is 0. The maximum Gasteiger partial charge on any atom is -0.0443 e. The van der Waals surface area contributed by atoms with E-state index in [4.69, 9.17) is 0 Å². The fourth-order valence-corrected chi connectivity index (χ4v) is 14.3. The first-order valence-corrected chi connectivity index (χ1v) is 37.9. The lowest BCUT2D eigenvalue weighted by molar-refractivity contribution is 0.308. The monoisotopic (exact) mass is 1280 g/mol. The Morgan fingerprint density at radius 3 is 0.122 bits per heavy atom. The molecule has 90 heavy (non-hydrogen) atoms. The summed E-state index contributed by atoms with van der Waals surface area (Å²) in [6.07, 6.45) is 58.9. The summed E-state index contributed by atoms with van der Waals surface area (Å²) >= 11 is 0. The first kappa shape index (κ1) is 111. The van der Waals surface area contributed by atoms with Crippen LogP contribution in [0.1, 0.15) is 470 Å². The molecular weight excluding hydrogens is 1080 g/mol. The lowest BCUT2D eigenvalue weighted by Gasteiger charge is -2.22. The molecule has 0 heteroatoms. The Bertz CT molecular complexity index is 817. The van der Waals surface area contributed by atoms with E-state index in [-0.39, 0.29) is 74.3 Å². The molecule has 0 atom stereocenters. The van der Waals surface area contributed by atoms with Crippen LogP contribution in [0.4, 0.5) is 0 Å². The lowest BCUT2D eigenvalue weighted by atomic mass is 9.84.